The quantitative estimate of drug-likeness (QED) is 0.791. The van der Waals surface area contributed by atoms with Crippen LogP contribution in [-0.4, -0.2) is 18.8 Å². The predicted octanol–water partition coefficient (Wildman–Crippen LogP) is 4.50. The van der Waals surface area contributed by atoms with E-state index in [1.165, 1.54) is 12.1 Å². The van der Waals surface area contributed by atoms with Crippen molar-refractivity contribution < 1.29 is 22.7 Å². The highest BCUT2D eigenvalue weighted by Crippen LogP contribution is 2.21. The molecule has 4 nitrogen and oxygen atoms in total. The molecule has 0 saturated carbocycles. The monoisotopic (exact) mass is 366 g/mol. The molecule has 2 rings (SSSR count). The van der Waals surface area contributed by atoms with Crippen LogP contribution < -0.4 is 15.4 Å². The molecule has 26 heavy (non-hydrogen) atoms. The van der Waals surface area contributed by atoms with Gasteiger partial charge in [-0.1, -0.05) is 36.4 Å². The first-order valence-corrected chi connectivity index (χ1v) is 8.13. The van der Waals surface area contributed by atoms with Crippen LogP contribution in [0.5, 0.6) is 5.75 Å². The van der Waals surface area contributed by atoms with Gasteiger partial charge in [0.2, 0.25) is 0 Å². The molecule has 0 aromatic heterocycles. The first kappa shape index (κ1) is 19.6. The third kappa shape index (κ3) is 6.31. The number of carbonyl (C=O) groups excluding carboxylic acids is 1. The van der Waals surface area contributed by atoms with Gasteiger partial charge in [0.1, 0.15) is 5.75 Å². The molecule has 0 aliphatic rings. The highest BCUT2D eigenvalue weighted by molar-refractivity contribution is 5.74. The van der Waals surface area contributed by atoms with Crippen LogP contribution in [0.3, 0.4) is 0 Å². The molecule has 2 aromatic rings. The summed E-state index contributed by atoms with van der Waals surface area (Å²) in [5, 5.41) is 5.58. The minimum absolute atomic E-state index is 0.127. The number of carbonyl (C=O) groups is 1. The SMILES string of the molecule is Cc1ccccc1CNC(=O)NC(C)c1ccc(OCC(F)(F)F)cc1. The molecule has 2 N–H and O–H groups in total. The van der Waals surface area contributed by atoms with Gasteiger partial charge in [-0.25, -0.2) is 4.79 Å². The summed E-state index contributed by atoms with van der Waals surface area (Å²) in [6.07, 6.45) is -4.37. The first-order valence-electron chi connectivity index (χ1n) is 8.13. The summed E-state index contributed by atoms with van der Waals surface area (Å²) in [7, 11) is 0. The van der Waals surface area contributed by atoms with Gasteiger partial charge in [0.15, 0.2) is 6.61 Å². The number of ether oxygens (including phenoxy) is 1. The van der Waals surface area contributed by atoms with Crippen molar-refractivity contribution in [3.8, 4) is 5.75 Å². The van der Waals surface area contributed by atoms with Gasteiger partial charge >= 0.3 is 12.2 Å². The zero-order valence-electron chi connectivity index (χ0n) is 14.6. The van der Waals surface area contributed by atoms with Crippen molar-refractivity contribution in [3.05, 3.63) is 65.2 Å². The highest BCUT2D eigenvalue weighted by Gasteiger charge is 2.28. The lowest BCUT2D eigenvalue weighted by Crippen LogP contribution is -2.36. The van der Waals surface area contributed by atoms with Gasteiger partial charge in [-0.15, -0.1) is 0 Å². The summed E-state index contributed by atoms with van der Waals surface area (Å²) in [6.45, 7) is 2.84. The summed E-state index contributed by atoms with van der Waals surface area (Å²) in [5.41, 5.74) is 2.88. The van der Waals surface area contributed by atoms with Crippen LogP contribution in [0.1, 0.15) is 29.7 Å². The second-order valence-corrected chi connectivity index (χ2v) is 5.95. The van der Waals surface area contributed by atoms with E-state index >= 15 is 0 Å². The second-order valence-electron chi connectivity index (χ2n) is 5.95. The summed E-state index contributed by atoms with van der Waals surface area (Å²) in [6, 6.07) is 13.3. The smallest absolute Gasteiger partial charge is 0.422 e. The molecule has 7 heteroatoms. The van der Waals surface area contributed by atoms with Crippen molar-refractivity contribution in [1.82, 2.24) is 10.6 Å². The molecule has 2 amide bonds. The minimum Gasteiger partial charge on any atom is -0.484 e. The zero-order valence-corrected chi connectivity index (χ0v) is 14.6. The van der Waals surface area contributed by atoms with Crippen LogP contribution in [0.2, 0.25) is 0 Å². The van der Waals surface area contributed by atoms with E-state index < -0.39 is 12.8 Å². The zero-order chi connectivity index (χ0) is 19.2. The Kier molecular flexibility index (Phi) is 6.49. The van der Waals surface area contributed by atoms with Crippen molar-refractivity contribution in [2.75, 3.05) is 6.61 Å². The Bertz CT molecular complexity index is 730. The Hall–Kier alpha value is -2.70. The standard InChI is InChI=1S/C19H21F3N2O2/c1-13-5-3-4-6-16(13)11-23-18(25)24-14(2)15-7-9-17(10-8-15)26-12-19(20,21)22/h3-10,14H,11-12H2,1-2H3,(H2,23,24,25). The van der Waals surface area contributed by atoms with E-state index in [0.29, 0.717) is 6.54 Å². The lowest BCUT2D eigenvalue weighted by molar-refractivity contribution is -0.153. The van der Waals surface area contributed by atoms with Crippen LogP contribution in [0.25, 0.3) is 0 Å². The average Bonchev–Trinajstić information content (AvgIpc) is 2.59. The molecule has 0 spiro atoms. The van der Waals surface area contributed by atoms with Crippen molar-refractivity contribution >= 4 is 6.03 Å². The molecule has 0 radical (unpaired) electrons. The van der Waals surface area contributed by atoms with Crippen LogP contribution in [0, 0.1) is 6.92 Å². The molecule has 1 atom stereocenters. The number of hydrogen-bond donors (Lipinski definition) is 2. The Morgan fingerprint density at radius 2 is 1.77 bits per heavy atom. The van der Waals surface area contributed by atoms with Crippen LogP contribution in [0.15, 0.2) is 48.5 Å². The number of hydrogen-bond acceptors (Lipinski definition) is 2. The predicted molar refractivity (Wildman–Crippen MR) is 93.0 cm³/mol. The molecule has 0 aliphatic carbocycles. The molecular formula is C19H21F3N2O2. The van der Waals surface area contributed by atoms with Crippen molar-refractivity contribution in [2.24, 2.45) is 0 Å². The Morgan fingerprint density at radius 1 is 1.12 bits per heavy atom. The number of nitrogens with one attached hydrogen (secondary N) is 2. The number of alkyl halides is 3. The molecule has 140 valence electrons. The van der Waals surface area contributed by atoms with E-state index in [1.54, 1.807) is 19.1 Å². The van der Waals surface area contributed by atoms with Gasteiger partial charge in [0.05, 0.1) is 6.04 Å². The lowest BCUT2D eigenvalue weighted by atomic mass is 10.1. The molecule has 0 bridgehead atoms. The van der Waals surface area contributed by atoms with Crippen LogP contribution in [0.4, 0.5) is 18.0 Å². The van der Waals surface area contributed by atoms with E-state index in [2.05, 4.69) is 15.4 Å². The number of amides is 2. The topological polar surface area (TPSA) is 50.4 Å². The van der Waals surface area contributed by atoms with E-state index in [-0.39, 0.29) is 17.8 Å². The van der Waals surface area contributed by atoms with Crippen molar-refractivity contribution in [3.63, 3.8) is 0 Å². The lowest BCUT2D eigenvalue weighted by Gasteiger charge is -2.16. The molecular weight excluding hydrogens is 345 g/mol. The maximum Gasteiger partial charge on any atom is 0.422 e. The fourth-order valence-corrected chi connectivity index (χ4v) is 2.33. The summed E-state index contributed by atoms with van der Waals surface area (Å²) in [4.78, 5) is 12.0. The first-order chi connectivity index (χ1) is 12.2. The summed E-state index contributed by atoms with van der Waals surface area (Å²) < 4.78 is 41.1. The Labute approximate surface area is 150 Å². The van der Waals surface area contributed by atoms with E-state index in [1.807, 2.05) is 31.2 Å². The van der Waals surface area contributed by atoms with E-state index in [9.17, 15) is 18.0 Å². The average molecular weight is 366 g/mol. The summed E-state index contributed by atoms with van der Waals surface area (Å²) >= 11 is 0. The van der Waals surface area contributed by atoms with Gasteiger partial charge in [-0.05, 0) is 42.7 Å². The number of rotatable bonds is 6. The largest absolute Gasteiger partial charge is 0.484 e. The van der Waals surface area contributed by atoms with Gasteiger partial charge in [-0.2, -0.15) is 13.2 Å². The molecule has 1 unspecified atom stereocenters. The van der Waals surface area contributed by atoms with Gasteiger partial charge in [-0.3, -0.25) is 0 Å². The third-order valence-electron chi connectivity index (χ3n) is 3.83. The molecule has 0 heterocycles. The fourth-order valence-electron chi connectivity index (χ4n) is 2.33. The fraction of sp³-hybridized carbons (Fsp3) is 0.316. The van der Waals surface area contributed by atoms with Crippen molar-refractivity contribution in [2.45, 2.75) is 32.6 Å². The number of benzene rings is 2. The molecule has 0 saturated heterocycles. The van der Waals surface area contributed by atoms with Crippen LogP contribution >= 0.6 is 0 Å². The Balaban J connectivity index is 1.83. The normalized spacial score (nSPS) is 12.3. The minimum atomic E-state index is -4.37. The maximum absolute atomic E-state index is 12.1. The van der Waals surface area contributed by atoms with E-state index in [4.69, 9.17) is 0 Å². The van der Waals surface area contributed by atoms with E-state index in [0.717, 1.165) is 16.7 Å². The van der Waals surface area contributed by atoms with Crippen molar-refractivity contribution in [1.29, 1.82) is 0 Å². The highest BCUT2D eigenvalue weighted by atomic mass is 19.4. The van der Waals surface area contributed by atoms with Gasteiger partial charge in [0.25, 0.3) is 0 Å². The number of urea groups is 1. The number of aryl methyl sites for hydroxylation is 1. The summed E-state index contributed by atoms with van der Waals surface area (Å²) in [5.74, 6) is 0.127. The molecule has 2 aromatic carbocycles. The maximum atomic E-state index is 12.1. The Morgan fingerprint density at radius 3 is 2.38 bits per heavy atom. The number of halogens is 3. The molecule has 0 aliphatic heterocycles. The molecule has 0 fully saturated rings. The van der Waals surface area contributed by atoms with Gasteiger partial charge in [0, 0.05) is 6.54 Å². The van der Waals surface area contributed by atoms with Gasteiger partial charge < -0.3 is 15.4 Å². The van der Waals surface area contributed by atoms with Crippen LogP contribution in [-0.2, 0) is 6.54 Å². The second kappa shape index (κ2) is 8.60. The third-order valence-corrected chi connectivity index (χ3v) is 3.83.